The summed E-state index contributed by atoms with van der Waals surface area (Å²) in [5, 5.41) is 0. The van der Waals surface area contributed by atoms with Gasteiger partial charge >= 0.3 is 6.09 Å². The van der Waals surface area contributed by atoms with Crippen LogP contribution in [-0.2, 0) is 4.74 Å². The molecule has 0 spiro atoms. The lowest BCUT2D eigenvalue weighted by Gasteiger charge is -2.29. The molecule has 1 heterocycles. The predicted molar refractivity (Wildman–Crippen MR) is 74.9 cm³/mol. The monoisotopic (exact) mass is 289 g/mol. The fourth-order valence-corrected chi connectivity index (χ4v) is 2.56. The average Bonchev–Trinajstić information content (AvgIpc) is 2.56. The van der Waals surface area contributed by atoms with E-state index in [1.54, 1.807) is 27.7 Å². The number of hydrogen-bond acceptors (Lipinski definition) is 2. The summed E-state index contributed by atoms with van der Waals surface area (Å²) in [5.41, 5.74) is -1.13. The van der Waals surface area contributed by atoms with Gasteiger partial charge in [-0.1, -0.05) is 13.0 Å². The van der Waals surface area contributed by atoms with Gasteiger partial charge in [0.15, 0.2) is 0 Å². The number of hydrogen-bond donors (Lipinski definition) is 0. The lowest BCUT2D eigenvalue weighted by Crippen LogP contribution is -2.37. The van der Waals surface area contributed by atoms with Gasteiger partial charge in [-0.05, 0) is 32.6 Å². The number of ether oxygens (including phenoxy) is 1. The Kier molecular flexibility index (Phi) is 4.82. The van der Waals surface area contributed by atoms with Crippen molar-refractivity contribution < 1.29 is 18.3 Å². The van der Waals surface area contributed by atoms with Gasteiger partial charge in [-0.15, -0.1) is 6.58 Å². The van der Waals surface area contributed by atoms with Gasteiger partial charge in [-0.25, -0.2) is 13.6 Å². The van der Waals surface area contributed by atoms with Crippen molar-refractivity contribution >= 4 is 6.09 Å². The summed E-state index contributed by atoms with van der Waals surface area (Å²) >= 11 is 0. The van der Waals surface area contributed by atoms with Crippen molar-refractivity contribution in [1.29, 1.82) is 0 Å². The molecule has 0 unspecified atom stereocenters. The first-order valence-electron chi connectivity index (χ1n) is 6.93. The van der Waals surface area contributed by atoms with Gasteiger partial charge in [0, 0.05) is 25.9 Å². The molecule has 0 aromatic heterocycles. The minimum atomic E-state index is -2.76. The lowest BCUT2D eigenvalue weighted by atomic mass is 9.82. The van der Waals surface area contributed by atoms with Crippen LogP contribution < -0.4 is 0 Å². The molecule has 20 heavy (non-hydrogen) atoms. The van der Waals surface area contributed by atoms with Crippen molar-refractivity contribution in [2.45, 2.75) is 58.5 Å². The first-order valence-corrected chi connectivity index (χ1v) is 6.93. The van der Waals surface area contributed by atoms with Crippen LogP contribution in [0.25, 0.3) is 0 Å². The molecule has 116 valence electrons. The van der Waals surface area contributed by atoms with E-state index < -0.39 is 23.0 Å². The highest BCUT2D eigenvalue weighted by atomic mass is 19.3. The van der Waals surface area contributed by atoms with E-state index in [0.29, 0.717) is 19.5 Å². The molecular formula is C15H25F2NO2. The van der Waals surface area contributed by atoms with Crippen molar-refractivity contribution in [3.63, 3.8) is 0 Å². The predicted octanol–water partition coefficient (Wildman–Crippen LogP) is 4.24. The molecule has 0 N–H and O–H groups in total. The zero-order chi connectivity index (χ0) is 15.6. The Morgan fingerprint density at radius 1 is 1.45 bits per heavy atom. The number of likely N-dealkylation sites (tertiary alicyclic amines) is 1. The van der Waals surface area contributed by atoms with Gasteiger partial charge in [0.1, 0.15) is 5.60 Å². The molecule has 1 fully saturated rings. The number of alkyl halides is 2. The highest BCUT2D eigenvalue weighted by Gasteiger charge is 2.44. The van der Waals surface area contributed by atoms with Crippen LogP contribution in [0.2, 0.25) is 0 Å². The molecule has 0 aliphatic carbocycles. The SMILES string of the molecule is C=CCC(F)(F)C[C@]1(C)CCN(C(=O)OC(C)(C)C)C1. The van der Waals surface area contributed by atoms with Crippen LogP contribution >= 0.6 is 0 Å². The lowest BCUT2D eigenvalue weighted by molar-refractivity contribution is -0.0388. The number of rotatable bonds is 4. The Balaban J connectivity index is 2.61. The second kappa shape index (κ2) is 5.70. The van der Waals surface area contributed by atoms with Crippen LogP contribution in [-0.4, -0.2) is 35.6 Å². The molecule has 1 rings (SSSR count). The van der Waals surface area contributed by atoms with Crippen molar-refractivity contribution in [2.24, 2.45) is 5.41 Å². The van der Waals surface area contributed by atoms with E-state index in [4.69, 9.17) is 4.74 Å². The Bertz CT molecular complexity index is 377. The summed E-state index contributed by atoms with van der Waals surface area (Å²) in [6, 6.07) is 0. The molecule has 1 aliphatic heterocycles. The largest absolute Gasteiger partial charge is 0.444 e. The maximum absolute atomic E-state index is 13.7. The minimum Gasteiger partial charge on any atom is -0.444 e. The Labute approximate surface area is 120 Å². The highest BCUT2D eigenvalue weighted by Crippen LogP contribution is 2.41. The van der Waals surface area contributed by atoms with Gasteiger partial charge in [0.05, 0.1) is 0 Å². The summed E-state index contributed by atoms with van der Waals surface area (Å²) < 4.78 is 32.7. The standard InChI is InChI=1S/C15H25F2NO2/c1-6-7-15(16,17)10-14(5)8-9-18(11-14)12(19)20-13(2,3)4/h6H,1,7-11H2,2-5H3/t14-/m0/s1. The van der Waals surface area contributed by atoms with Gasteiger partial charge in [0.25, 0.3) is 5.92 Å². The quantitative estimate of drug-likeness (QED) is 0.725. The van der Waals surface area contributed by atoms with Crippen LogP contribution in [0.5, 0.6) is 0 Å². The first-order chi connectivity index (χ1) is 8.96. The summed E-state index contributed by atoms with van der Waals surface area (Å²) in [5.74, 6) is -2.76. The highest BCUT2D eigenvalue weighted by molar-refractivity contribution is 5.68. The second-order valence-electron chi connectivity index (χ2n) is 6.99. The fraction of sp³-hybridized carbons (Fsp3) is 0.800. The summed E-state index contributed by atoms with van der Waals surface area (Å²) in [6.45, 7) is 11.3. The molecule has 0 bridgehead atoms. The number of amides is 1. The topological polar surface area (TPSA) is 29.5 Å². The molecule has 1 amide bonds. The van der Waals surface area contributed by atoms with Gasteiger partial charge in [-0.2, -0.15) is 0 Å². The van der Waals surface area contributed by atoms with Crippen LogP contribution in [0.15, 0.2) is 12.7 Å². The van der Waals surface area contributed by atoms with Crippen molar-refractivity contribution in [3.05, 3.63) is 12.7 Å². The maximum Gasteiger partial charge on any atom is 0.410 e. The van der Waals surface area contributed by atoms with E-state index in [1.165, 1.54) is 11.0 Å². The van der Waals surface area contributed by atoms with E-state index in [1.807, 2.05) is 0 Å². The summed E-state index contributed by atoms with van der Waals surface area (Å²) in [4.78, 5) is 13.5. The maximum atomic E-state index is 13.7. The molecule has 1 atom stereocenters. The van der Waals surface area contributed by atoms with Crippen molar-refractivity contribution in [2.75, 3.05) is 13.1 Å². The minimum absolute atomic E-state index is 0.231. The smallest absolute Gasteiger partial charge is 0.410 e. The number of allylic oxidation sites excluding steroid dienone is 1. The van der Waals surface area contributed by atoms with Crippen LogP contribution in [0.4, 0.5) is 13.6 Å². The molecule has 3 nitrogen and oxygen atoms in total. The fourth-order valence-electron chi connectivity index (χ4n) is 2.56. The molecule has 0 aromatic rings. The average molecular weight is 289 g/mol. The van der Waals surface area contributed by atoms with E-state index in [2.05, 4.69) is 6.58 Å². The molecule has 0 saturated carbocycles. The van der Waals surface area contributed by atoms with E-state index >= 15 is 0 Å². The number of carbonyl (C=O) groups is 1. The summed E-state index contributed by atoms with van der Waals surface area (Å²) in [7, 11) is 0. The molecule has 0 aromatic carbocycles. The van der Waals surface area contributed by atoms with E-state index in [0.717, 1.165) is 0 Å². The van der Waals surface area contributed by atoms with Crippen LogP contribution in [0.1, 0.15) is 47.0 Å². The Morgan fingerprint density at radius 2 is 2.05 bits per heavy atom. The molecule has 5 heteroatoms. The molecular weight excluding hydrogens is 264 g/mol. The Hall–Kier alpha value is -1.13. The van der Waals surface area contributed by atoms with E-state index in [9.17, 15) is 13.6 Å². The number of nitrogens with zero attached hydrogens (tertiary/aromatic N) is 1. The third-order valence-electron chi connectivity index (χ3n) is 3.34. The number of halogens is 2. The third kappa shape index (κ3) is 5.10. The van der Waals surface area contributed by atoms with Crippen LogP contribution in [0, 0.1) is 5.41 Å². The Morgan fingerprint density at radius 3 is 2.55 bits per heavy atom. The van der Waals surface area contributed by atoms with E-state index in [-0.39, 0.29) is 12.8 Å². The molecule has 1 saturated heterocycles. The van der Waals surface area contributed by atoms with Crippen LogP contribution in [0.3, 0.4) is 0 Å². The van der Waals surface area contributed by atoms with Crippen molar-refractivity contribution in [1.82, 2.24) is 4.90 Å². The van der Waals surface area contributed by atoms with Gasteiger partial charge in [-0.3, -0.25) is 0 Å². The first kappa shape index (κ1) is 16.9. The second-order valence-corrected chi connectivity index (χ2v) is 6.99. The zero-order valence-electron chi connectivity index (χ0n) is 12.8. The molecule has 0 radical (unpaired) electrons. The molecule has 1 aliphatic rings. The summed E-state index contributed by atoms with van der Waals surface area (Å²) in [6.07, 6.45) is 0.830. The zero-order valence-corrected chi connectivity index (χ0v) is 12.8. The van der Waals surface area contributed by atoms with Gasteiger partial charge in [0.2, 0.25) is 0 Å². The third-order valence-corrected chi connectivity index (χ3v) is 3.34. The number of carbonyl (C=O) groups excluding carboxylic acids is 1. The van der Waals surface area contributed by atoms with Crippen molar-refractivity contribution in [3.8, 4) is 0 Å². The normalized spacial score (nSPS) is 23.8. The van der Waals surface area contributed by atoms with Gasteiger partial charge < -0.3 is 9.64 Å².